The highest BCUT2D eigenvalue weighted by atomic mass is 16.3. The van der Waals surface area contributed by atoms with Crippen LogP contribution in [0.4, 0.5) is 0 Å². The van der Waals surface area contributed by atoms with Crippen LogP contribution < -0.4 is 5.32 Å². The quantitative estimate of drug-likeness (QED) is 0.900. The lowest BCUT2D eigenvalue weighted by Gasteiger charge is -2.21. The van der Waals surface area contributed by atoms with E-state index in [0.717, 1.165) is 29.4 Å². The smallest absolute Gasteiger partial charge is 0.128 e. The predicted molar refractivity (Wildman–Crippen MR) is 83.1 cm³/mol. The SMILES string of the molecule is CC(NC1CCN(C)C1)c1ccc2ccccc2c1O. The molecule has 1 aliphatic heterocycles. The van der Waals surface area contributed by atoms with Crippen LogP contribution in [0.3, 0.4) is 0 Å². The van der Waals surface area contributed by atoms with Gasteiger partial charge in [-0.05, 0) is 32.3 Å². The van der Waals surface area contributed by atoms with E-state index in [9.17, 15) is 5.11 Å². The molecule has 3 heteroatoms. The van der Waals surface area contributed by atoms with Crippen molar-refractivity contribution in [3.63, 3.8) is 0 Å². The van der Waals surface area contributed by atoms with Crippen LogP contribution >= 0.6 is 0 Å². The van der Waals surface area contributed by atoms with Gasteiger partial charge in [0.2, 0.25) is 0 Å². The molecule has 20 heavy (non-hydrogen) atoms. The van der Waals surface area contributed by atoms with Gasteiger partial charge >= 0.3 is 0 Å². The first-order valence-electron chi connectivity index (χ1n) is 7.30. The number of benzene rings is 2. The highest BCUT2D eigenvalue weighted by Crippen LogP contribution is 2.32. The Balaban J connectivity index is 1.84. The molecule has 0 radical (unpaired) electrons. The van der Waals surface area contributed by atoms with E-state index in [1.807, 2.05) is 30.3 Å². The van der Waals surface area contributed by atoms with Crippen molar-refractivity contribution in [2.45, 2.75) is 25.4 Å². The van der Waals surface area contributed by atoms with E-state index in [0.29, 0.717) is 11.8 Å². The van der Waals surface area contributed by atoms with Crippen LogP contribution in [0.2, 0.25) is 0 Å². The summed E-state index contributed by atoms with van der Waals surface area (Å²) in [6, 6.07) is 12.8. The standard InChI is InChI=1S/C17H22N2O/c1-12(18-14-9-10-19(2)11-14)15-8-7-13-5-3-4-6-16(13)17(15)20/h3-8,12,14,18,20H,9-11H2,1-2H3. The lowest BCUT2D eigenvalue weighted by Crippen LogP contribution is -2.33. The first-order chi connectivity index (χ1) is 9.65. The first-order valence-corrected chi connectivity index (χ1v) is 7.30. The number of aromatic hydroxyl groups is 1. The molecule has 0 aliphatic carbocycles. The average molecular weight is 270 g/mol. The molecule has 2 atom stereocenters. The van der Waals surface area contributed by atoms with E-state index in [2.05, 4.69) is 30.3 Å². The second kappa shape index (κ2) is 5.43. The zero-order valence-electron chi connectivity index (χ0n) is 12.1. The van der Waals surface area contributed by atoms with Crippen molar-refractivity contribution in [3.05, 3.63) is 42.0 Å². The molecule has 3 nitrogen and oxygen atoms in total. The van der Waals surface area contributed by atoms with Crippen LogP contribution in [-0.2, 0) is 0 Å². The molecule has 2 aromatic rings. The molecular weight excluding hydrogens is 248 g/mol. The molecule has 2 N–H and O–H groups in total. The van der Waals surface area contributed by atoms with Gasteiger partial charge in [0.25, 0.3) is 0 Å². The fourth-order valence-corrected chi connectivity index (χ4v) is 3.14. The lowest BCUT2D eigenvalue weighted by atomic mass is 10.0. The van der Waals surface area contributed by atoms with Crippen LogP contribution in [0.15, 0.2) is 36.4 Å². The predicted octanol–water partition coefficient (Wildman–Crippen LogP) is 2.90. The Labute approximate surface area is 120 Å². The maximum Gasteiger partial charge on any atom is 0.128 e. The third kappa shape index (κ3) is 2.51. The summed E-state index contributed by atoms with van der Waals surface area (Å²) in [6.45, 7) is 4.36. The molecule has 1 aliphatic rings. The second-order valence-electron chi connectivity index (χ2n) is 5.86. The van der Waals surface area contributed by atoms with Crippen molar-refractivity contribution >= 4 is 10.8 Å². The number of hydrogen-bond acceptors (Lipinski definition) is 3. The highest BCUT2D eigenvalue weighted by Gasteiger charge is 2.22. The molecule has 2 aromatic carbocycles. The molecule has 0 amide bonds. The van der Waals surface area contributed by atoms with Crippen molar-refractivity contribution < 1.29 is 5.11 Å². The number of fused-ring (bicyclic) bond motifs is 1. The van der Waals surface area contributed by atoms with E-state index < -0.39 is 0 Å². The van der Waals surface area contributed by atoms with Gasteiger partial charge in [-0.2, -0.15) is 0 Å². The molecular formula is C17H22N2O. The number of phenols is 1. The van der Waals surface area contributed by atoms with Gasteiger partial charge in [-0.1, -0.05) is 36.4 Å². The Morgan fingerprint density at radius 1 is 1.25 bits per heavy atom. The fourth-order valence-electron chi connectivity index (χ4n) is 3.14. The zero-order valence-corrected chi connectivity index (χ0v) is 12.1. The van der Waals surface area contributed by atoms with E-state index in [1.165, 1.54) is 6.42 Å². The Morgan fingerprint density at radius 3 is 2.80 bits per heavy atom. The van der Waals surface area contributed by atoms with Crippen molar-refractivity contribution in [1.82, 2.24) is 10.2 Å². The summed E-state index contributed by atoms with van der Waals surface area (Å²) in [6.07, 6.45) is 1.18. The van der Waals surface area contributed by atoms with Gasteiger partial charge in [-0.3, -0.25) is 0 Å². The van der Waals surface area contributed by atoms with E-state index in [-0.39, 0.29) is 6.04 Å². The normalized spacial score (nSPS) is 21.4. The Hall–Kier alpha value is -1.58. The zero-order chi connectivity index (χ0) is 14.1. The highest BCUT2D eigenvalue weighted by molar-refractivity contribution is 5.89. The van der Waals surface area contributed by atoms with Crippen LogP contribution in [0, 0.1) is 0 Å². The summed E-state index contributed by atoms with van der Waals surface area (Å²) in [4.78, 5) is 2.34. The van der Waals surface area contributed by atoms with Crippen LogP contribution in [0.25, 0.3) is 10.8 Å². The largest absolute Gasteiger partial charge is 0.507 e. The van der Waals surface area contributed by atoms with Crippen molar-refractivity contribution in [3.8, 4) is 5.75 Å². The Bertz CT molecular complexity index is 611. The number of likely N-dealkylation sites (tertiary alicyclic amines) is 1. The number of likely N-dealkylation sites (N-methyl/N-ethyl adjacent to an activating group) is 1. The van der Waals surface area contributed by atoms with Gasteiger partial charge < -0.3 is 15.3 Å². The van der Waals surface area contributed by atoms with Crippen molar-refractivity contribution in [2.24, 2.45) is 0 Å². The van der Waals surface area contributed by atoms with Gasteiger partial charge in [0.1, 0.15) is 5.75 Å². The van der Waals surface area contributed by atoms with Crippen LogP contribution in [0.1, 0.15) is 24.9 Å². The minimum atomic E-state index is 0.163. The first kappa shape index (κ1) is 13.4. The summed E-state index contributed by atoms with van der Waals surface area (Å²) in [5.74, 6) is 0.412. The Morgan fingerprint density at radius 2 is 2.05 bits per heavy atom. The molecule has 2 unspecified atom stereocenters. The second-order valence-corrected chi connectivity index (χ2v) is 5.86. The fraction of sp³-hybridized carbons (Fsp3) is 0.412. The van der Waals surface area contributed by atoms with Gasteiger partial charge in [0, 0.05) is 29.6 Å². The third-order valence-corrected chi connectivity index (χ3v) is 4.28. The van der Waals surface area contributed by atoms with E-state index in [4.69, 9.17) is 0 Å². The third-order valence-electron chi connectivity index (χ3n) is 4.28. The minimum absolute atomic E-state index is 0.163. The molecule has 1 saturated heterocycles. The lowest BCUT2D eigenvalue weighted by molar-refractivity contribution is 0.383. The van der Waals surface area contributed by atoms with E-state index in [1.54, 1.807) is 0 Å². The molecule has 0 spiro atoms. The van der Waals surface area contributed by atoms with Crippen LogP contribution in [0.5, 0.6) is 5.75 Å². The van der Waals surface area contributed by atoms with Gasteiger partial charge in [0.05, 0.1) is 0 Å². The average Bonchev–Trinajstić information content (AvgIpc) is 2.84. The van der Waals surface area contributed by atoms with E-state index >= 15 is 0 Å². The molecule has 0 aromatic heterocycles. The molecule has 1 heterocycles. The van der Waals surface area contributed by atoms with Gasteiger partial charge in [0.15, 0.2) is 0 Å². The summed E-state index contributed by atoms with van der Waals surface area (Å²) in [5.41, 5.74) is 0.984. The molecule has 0 saturated carbocycles. The van der Waals surface area contributed by atoms with Crippen LogP contribution in [-0.4, -0.2) is 36.2 Å². The minimum Gasteiger partial charge on any atom is -0.507 e. The molecule has 106 valence electrons. The van der Waals surface area contributed by atoms with Crippen molar-refractivity contribution in [1.29, 1.82) is 0 Å². The maximum atomic E-state index is 10.5. The number of hydrogen-bond donors (Lipinski definition) is 2. The summed E-state index contributed by atoms with van der Waals surface area (Å²) < 4.78 is 0. The number of rotatable bonds is 3. The van der Waals surface area contributed by atoms with Crippen molar-refractivity contribution in [2.75, 3.05) is 20.1 Å². The molecule has 3 rings (SSSR count). The maximum absolute atomic E-state index is 10.5. The molecule has 0 bridgehead atoms. The molecule has 1 fully saturated rings. The topological polar surface area (TPSA) is 35.5 Å². The summed E-state index contributed by atoms with van der Waals surface area (Å²) in [7, 11) is 2.15. The summed E-state index contributed by atoms with van der Waals surface area (Å²) in [5, 5.41) is 16.1. The Kier molecular flexibility index (Phi) is 3.64. The van der Waals surface area contributed by atoms with Gasteiger partial charge in [-0.15, -0.1) is 0 Å². The number of phenolic OH excluding ortho intramolecular Hbond substituents is 1. The number of nitrogens with zero attached hydrogens (tertiary/aromatic N) is 1. The number of nitrogens with one attached hydrogen (secondary N) is 1. The monoisotopic (exact) mass is 270 g/mol. The van der Waals surface area contributed by atoms with Gasteiger partial charge in [-0.25, -0.2) is 0 Å². The summed E-state index contributed by atoms with van der Waals surface area (Å²) >= 11 is 0.